The van der Waals surface area contributed by atoms with Gasteiger partial charge in [-0.2, -0.15) is 0 Å². The zero-order chi connectivity index (χ0) is 5.82. The van der Waals surface area contributed by atoms with E-state index in [1.165, 1.54) is 5.75 Å². The predicted molar refractivity (Wildman–Crippen MR) is 37.9 cm³/mol. The Morgan fingerprint density at radius 1 is 1.75 bits per heavy atom. The minimum absolute atomic E-state index is 0.653. The molecule has 1 atom stereocenters. The Balaban J connectivity index is 2.06. The van der Waals surface area contributed by atoms with Gasteiger partial charge >= 0.3 is 0 Å². The van der Waals surface area contributed by atoms with Crippen molar-refractivity contribution >= 4 is 11.8 Å². The van der Waals surface area contributed by atoms with Crippen LogP contribution in [-0.4, -0.2) is 24.2 Å². The molecule has 48 valence electrons. The summed E-state index contributed by atoms with van der Waals surface area (Å²) in [5.74, 6) is 1.25. The highest BCUT2D eigenvalue weighted by atomic mass is 32.2. The maximum absolute atomic E-state index is 5.36. The van der Waals surface area contributed by atoms with Gasteiger partial charge in [0.2, 0.25) is 0 Å². The molecule has 0 aromatic heterocycles. The Labute approximate surface area is 54.2 Å². The topological polar surface area (TPSA) is 38.0 Å². The first-order chi connectivity index (χ1) is 3.93. The standard InChI is InChI=1S/C5H12N2S/c6-2-1-5-7-3-4-8-5/h5,7H,1-4,6H2. The van der Waals surface area contributed by atoms with Crippen LogP contribution in [0.1, 0.15) is 6.42 Å². The smallest absolute Gasteiger partial charge is 0.0544 e. The second-order valence-electron chi connectivity index (χ2n) is 1.89. The van der Waals surface area contributed by atoms with Crippen molar-refractivity contribution in [1.82, 2.24) is 5.32 Å². The van der Waals surface area contributed by atoms with Gasteiger partial charge in [-0.15, -0.1) is 11.8 Å². The SMILES string of the molecule is NCCC1NCCS1. The minimum atomic E-state index is 0.653. The molecule has 0 radical (unpaired) electrons. The van der Waals surface area contributed by atoms with Gasteiger partial charge in [-0.1, -0.05) is 0 Å². The number of nitrogens with one attached hydrogen (secondary N) is 1. The average molecular weight is 132 g/mol. The molecule has 0 aromatic rings. The number of rotatable bonds is 2. The monoisotopic (exact) mass is 132 g/mol. The third kappa shape index (κ3) is 1.65. The van der Waals surface area contributed by atoms with Crippen LogP contribution in [0, 0.1) is 0 Å². The van der Waals surface area contributed by atoms with Crippen LogP contribution in [0.4, 0.5) is 0 Å². The van der Waals surface area contributed by atoms with Crippen LogP contribution in [0.25, 0.3) is 0 Å². The molecule has 3 N–H and O–H groups in total. The Morgan fingerprint density at radius 2 is 2.62 bits per heavy atom. The highest BCUT2D eigenvalue weighted by molar-refractivity contribution is 8.00. The van der Waals surface area contributed by atoms with Gasteiger partial charge < -0.3 is 11.1 Å². The van der Waals surface area contributed by atoms with Gasteiger partial charge in [0.05, 0.1) is 5.37 Å². The second kappa shape index (κ2) is 3.33. The first kappa shape index (κ1) is 6.39. The molecule has 8 heavy (non-hydrogen) atoms. The molecular weight excluding hydrogens is 120 g/mol. The Kier molecular flexibility index (Phi) is 2.66. The van der Waals surface area contributed by atoms with Crippen LogP contribution < -0.4 is 11.1 Å². The van der Waals surface area contributed by atoms with E-state index in [4.69, 9.17) is 5.73 Å². The van der Waals surface area contributed by atoms with Crippen molar-refractivity contribution in [1.29, 1.82) is 0 Å². The summed E-state index contributed by atoms with van der Waals surface area (Å²) in [6.45, 7) is 1.97. The molecule has 1 unspecified atom stereocenters. The number of hydrogen-bond donors (Lipinski definition) is 2. The molecule has 1 fully saturated rings. The van der Waals surface area contributed by atoms with E-state index < -0.39 is 0 Å². The van der Waals surface area contributed by atoms with E-state index in [0.717, 1.165) is 19.5 Å². The number of nitrogens with two attached hydrogens (primary N) is 1. The van der Waals surface area contributed by atoms with Gasteiger partial charge in [0.25, 0.3) is 0 Å². The third-order valence-electron chi connectivity index (χ3n) is 1.22. The summed E-state index contributed by atoms with van der Waals surface area (Å²) in [7, 11) is 0. The van der Waals surface area contributed by atoms with Crippen molar-refractivity contribution < 1.29 is 0 Å². The fourth-order valence-electron chi connectivity index (χ4n) is 0.817. The van der Waals surface area contributed by atoms with Gasteiger partial charge in [0.15, 0.2) is 0 Å². The molecule has 0 spiro atoms. The summed E-state index contributed by atoms with van der Waals surface area (Å²) in [6.07, 6.45) is 1.12. The average Bonchev–Trinajstić information content (AvgIpc) is 2.19. The predicted octanol–water partition coefficient (Wildman–Crippen LogP) is -0.00230. The van der Waals surface area contributed by atoms with E-state index in [0.29, 0.717) is 5.37 Å². The van der Waals surface area contributed by atoms with Crippen molar-refractivity contribution in [2.75, 3.05) is 18.8 Å². The van der Waals surface area contributed by atoms with E-state index in [1.54, 1.807) is 0 Å². The summed E-state index contributed by atoms with van der Waals surface area (Å²) in [5.41, 5.74) is 5.36. The quantitative estimate of drug-likeness (QED) is 0.555. The maximum atomic E-state index is 5.36. The lowest BCUT2D eigenvalue weighted by atomic mass is 10.4. The van der Waals surface area contributed by atoms with Crippen LogP contribution in [0.2, 0.25) is 0 Å². The first-order valence-corrected chi connectivity index (χ1v) is 4.03. The lowest BCUT2D eigenvalue weighted by Gasteiger charge is -2.04. The molecule has 3 heteroatoms. The molecule has 0 bridgehead atoms. The molecule has 0 aliphatic carbocycles. The van der Waals surface area contributed by atoms with Crippen molar-refractivity contribution in [2.24, 2.45) is 5.73 Å². The molecule has 0 amide bonds. The molecule has 1 aliphatic heterocycles. The van der Waals surface area contributed by atoms with Crippen LogP contribution in [0.5, 0.6) is 0 Å². The zero-order valence-corrected chi connectivity index (χ0v) is 5.71. The van der Waals surface area contributed by atoms with Crippen LogP contribution in [0.15, 0.2) is 0 Å². The van der Waals surface area contributed by atoms with Crippen LogP contribution in [-0.2, 0) is 0 Å². The van der Waals surface area contributed by atoms with Gasteiger partial charge in [0, 0.05) is 12.3 Å². The van der Waals surface area contributed by atoms with E-state index in [-0.39, 0.29) is 0 Å². The molecule has 1 rings (SSSR count). The number of hydrogen-bond acceptors (Lipinski definition) is 3. The van der Waals surface area contributed by atoms with E-state index >= 15 is 0 Å². The van der Waals surface area contributed by atoms with Crippen LogP contribution >= 0.6 is 11.8 Å². The number of thioether (sulfide) groups is 1. The molecular formula is C5H12N2S. The summed E-state index contributed by atoms with van der Waals surface area (Å²) in [5, 5.41) is 3.99. The molecule has 0 saturated carbocycles. The van der Waals surface area contributed by atoms with Gasteiger partial charge in [-0.05, 0) is 13.0 Å². The zero-order valence-electron chi connectivity index (χ0n) is 4.89. The fourth-order valence-corrected chi connectivity index (χ4v) is 1.88. The van der Waals surface area contributed by atoms with Crippen LogP contribution in [0.3, 0.4) is 0 Å². The maximum Gasteiger partial charge on any atom is 0.0544 e. The first-order valence-electron chi connectivity index (χ1n) is 2.98. The highest BCUT2D eigenvalue weighted by Crippen LogP contribution is 2.15. The van der Waals surface area contributed by atoms with E-state index in [1.807, 2.05) is 11.8 Å². The van der Waals surface area contributed by atoms with Crippen molar-refractivity contribution in [3.05, 3.63) is 0 Å². The summed E-state index contributed by atoms with van der Waals surface area (Å²) in [6, 6.07) is 0. The Bertz CT molecular complexity index is 61.4. The third-order valence-corrected chi connectivity index (χ3v) is 2.47. The molecule has 0 aromatic carbocycles. The lowest BCUT2D eigenvalue weighted by molar-refractivity contribution is 0.666. The van der Waals surface area contributed by atoms with E-state index in [9.17, 15) is 0 Å². The molecule has 1 saturated heterocycles. The largest absolute Gasteiger partial charge is 0.330 e. The van der Waals surface area contributed by atoms with Crippen molar-refractivity contribution in [3.63, 3.8) is 0 Å². The van der Waals surface area contributed by atoms with Gasteiger partial charge in [-0.3, -0.25) is 0 Å². The summed E-state index contributed by atoms with van der Waals surface area (Å²) >= 11 is 1.98. The minimum Gasteiger partial charge on any atom is -0.330 e. The molecule has 2 nitrogen and oxygen atoms in total. The fraction of sp³-hybridized carbons (Fsp3) is 1.00. The molecule has 1 aliphatic rings. The summed E-state index contributed by atoms with van der Waals surface area (Å²) in [4.78, 5) is 0. The lowest BCUT2D eigenvalue weighted by Crippen LogP contribution is -2.22. The van der Waals surface area contributed by atoms with Gasteiger partial charge in [-0.25, -0.2) is 0 Å². The Hall–Kier alpha value is 0.270. The van der Waals surface area contributed by atoms with E-state index in [2.05, 4.69) is 5.32 Å². The molecule has 1 heterocycles. The highest BCUT2D eigenvalue weighted by Gasteiger charge is 2.11. The Morgan fingerprint density at radius 3 is 3.12 bits per heavy atom. The normalized spacial score (nSPS) is 28.9. The summed E-state index contributed by atoms with van der Waals surface area (Å²) < 4.78 is 0. The second-order valence-corrected chi connectivity index (χ2v) is 3.20. The van der Waals surface area contributed by atoms with Gasteiger partial charge in [0.1, 0.15) is 0 Å². The van der Waals surface area contributed by atoms with Crippen molar-refractivity contribution in [2.45, 2.75) is 11.8 Å². The van der Waals surface area contributed by atoms with Crippen molar-refractivity contribution in [3.8, 4) is 0 Å².